The van der Waals surface area contributed by atoms with Gasteiger partial charge in [-0.1, -0.05) is 19.1 Å². The zero-order valence-electron chi connectivity index (χ0n) is 11.4. The van der Waals surface area contributed by atoms with Crippen LogP contribution in [0.15, 0.2) is 29.2 Å². The lowest BCUT2D eigenvalue weighted by atomic mass is 10.2. The van der Waals surface area contributed by atoms with Gasteiger partial charge in [-0.05, 0) is 30.5 Å². The standard InChI is InChI=1S/C13H17NO6S/c1-2-9-3-5-10(6-4-9)21(19,20)14-11(13(17)18)7-8-12(15)16/h3-6,11,14H,2,7-8H2,1H3,(H,15,16)(H,17,18)/t11-/m1/s1. The maximum Gasteiger partial charge on any atom is 0.321 e. The van der Waals surface area contributed by atoms with Crippen LogP contribution >= 0.6 is 0 Å². The topological polar surface area (TPSA) is 121 Å². The van der Waals surface area contributed by atoms with Crippen molar-refractivity contribution in [3.8, 4) is 0 Å². The molecule has 0 unspecified atom stereocenters. The van der Waals surface area contributed by atoms with Crippen LogP contribution in [0.2, 0.25) is 0 Å². The third kappa shape index (κ3) is 5.16. The van der Waals surface area contributed by atoms with Crippen molar-refractivity contribution in [3.63, 3.8) is 0 Å². The van der Waals surface area contributed by atoms with Crippen LogP contribution in [0.25, 0.3) is 0 Å². The van der Waals surface area contributed by atoms with Gasteiger partial charge < -0.3 is 10.2 Å². The molecule has 0 radical (unpaired) electrons. The molecule has 0 fully saturated rings. The highest BCUT2D eigenvalue weighted by Gasteiger charge is 2.25. The largest absolute Gasteiger partial charge is 0.481 e. The first-order chi connectivity index (χ1) is 9.76. The number of hydrogen-bond acceptors (Lipinski definition) is 4. The van der Waals surface area contributed by atoms with E-state index >= 15 is 0 Å². The van der Waals surface area contributed by atoms with E-state index in [1.807, 2.05) is 11.6 Å². The van der Waals surface area contributed by atoms with Crippen molar-refractivity contribution in [1.29, 1.82) is 0 Å². The third-order valence-corrected chi connectivity index (χ3v) is 4.37. The summed E-state index contributed by atoms with van der Waals surface area (Å²) in [5, 5.41) is 17.5. The van der Waals surface area contributed by atoms with Gasteiger partial charge in [0, 0.05) is 6.42 Å². The van der Waals surface area contributed by atoms with Gasteiger partial charge in [0.05, 0.1) is 4.90 Å². The van der Waals surface area contributed by atoms with E-state index < -0.39 is 34.4 Å². The predicted octanol–water partition coefficient (Wildman–Crippen LogP) is 0.845. The van der Waals surface area contributed by atoms with E-state index in [9.17, 15) is 18.0 Å². The highest BCUT2D eigenvalue weighted by molar-refractivity contribution is 7.89. The van der Waals surface area contributed by atoms with Crippen molar-refractivity contribution in [2.75, 3.05) is 0 Å². The highest BCUT2D eigenvalue weighted by atomic mass is 32.2. The molecule has 0 aliphatic carbocycles. The molecule has 3 N–H and O–H groups in total. The lowest BCUT2D eigenvalue weighted by Crippen LogP contribution is -2.41. The van der Waals surface area contributed by atoms with Crippen molar-refractivity contribution < 1.29 is 28.2 Å². The smallest absolute Gasteiger partial charge is 0.321 e. The second kappa shape index (κ2) is 7.19. The molecule has 1 aromatic carbocycles. The molecule has 1 aromatic rings. The fraction of sp³-hybridized carbons (Fsp3) is 0.385. The molecule has 0 amide bonds. The van der Waals surface area contributed by atoms with Gasteiger partial charge in [-0.25, -0.2) is 8.42 Å². The second-order valence-electron chi connectivity index (χ2n) is 4.44. The van der Waals surface area contributed by atoms with Gasteiger partial charge in [-0.3, -0.25) is 9.59 Å². The Bertz CT molecular complexity index is 608. The molecule has 1 atom stereocenters. The Balaban J connectivity index is 2.89. The summed E-state index contributed by atoms with van der Waals surface area (Å²) in [5.74, 6) is -2.60. The number of benzene rings is 1. The molecule has 116 valence electrons. The number of rotatable bonds is 8. The van der Waals surface area contributed by atoms with Gasteiger partial charge >= 0.3 is 11.9 Å². The van der Waals surface area contributed by atoms with Crippen LogP contribution in [0.3, 0.4) is 0 Å². The van der Waals surface area contributed by atoms with Crippen LogP contribution in [0, 0.1) is 0 Å². The summed E-state index contributed by atoms with van der Waals surface area (Å²) in [4.78, 5) is 21.4. The molecule has 0 aliphatic heterocycles. The third-order valence-electron chi connectivity index (χ3n) is 2.88. The second-order valence-corrected chi connectivity index (χ2v) is 6.16. The van der Waals surface area contributed by atoms with Crippen LogP contribution in [-0.4, -0.2) is 36.6 Å². The Hall–Kier alpha value is -1.93. The molecule has 0 bridgehead atoms. The predicted molar refractivity (Wildman–Crippen MR) is 74.4 cm³/mol. The minimum atomic E-state index is -4.00. The van der Waals surface area contributed by atoms with Gasteiger partial charge in [0.1, 0.15) is 6.04 Å². The Morgan fingerprint density at radius 1 is 1.19 bits per heavy atom. The Morgan fingerprint density at radius 3 is 2.19 bits per heavy atom. The van der Waals surface area contributed by atoms with E-state index in [4.69, 9.17) is 10.2 Å². The molecule has 0 spiro atoms. The first-order valence-corrected chi connectivity index (χ1v) is 7.80. The molecule has 0 aromatic heterocycles. The lowest BCUT2D eigenvalue weighted by Gasteiger charge is -2.14. The van der Waals surface area contributed by atoms with Crippen LogP contribution < -0.4 is 4.72 Å². The van der Waals surface area contributed by atoms with Gasteiger partial charge in [0.25, 0.3) is 0 Å². The van der Waals surface area contributed by atoms with Gasteiger partial charge in [-0.15, -0.1) is 0 Å². The molecule has 0 saturated carbocycles. The summed E-state index contributed by atoms with van der Waals surface area (Å²) in [7, 11) is -4.00. The van der Waals surface area contributed by atoms with Crippen LogP contribution in [-0.2, 0) is 26.0 Å². The molecular weight excluding hydrogens is 298 g/mol. The minimum Gasteiger partial charge on any atom is -0.481 e. The van der Waals surface area contributed by atoms with Crippen LogP contribution in [0.5, 0.6) is 0 Å². The molecule has 1 rings (SSSR count). The molecule has 0 saturated heterocycles. The lowest BCUT2D eigenvalue weighted by molar-refractivity contribution is -0.140. The average Bonchev–Trinajstić information content (AvgIpc) is 2.43. The van der Waals surface area contributed by atoms with Crippen LogP contribution in [0.4, 0.5) is 0 Å². The van der Waals surface area contributed by atoms with E-state index in [2.05, 4.69) is 0 Å². The molecule has 8 heteroatoms. The van der Waals surface area contributed by atoms with Crippen LogP contribution in [0.1, 0.15) is 25.3 Å². The van der Waals surface area contributed by atoms with Gasteiger partial charge in [0.2, 0.25) is 10.0 Å². The molecule has 21 heavy (non-hydrogen) atoms. The summed E-state index contributed by atoms with van der Waals surface area (Å²) in [6.45, 7) is 1.92. The van der Waals surface area contributed by atoms with Crippen molar-refractivity contribution in [3.05, 3.63) is 29.8 Å². The van der Waals surface area contributed by atoms with Crippen molar-refractivity contribution in [2.45, 2.75) is 37.1 Å². The fourth-order valence-corrected chi connectivity index (χ4v) is 2.88. The normalized spacial score (nSPS) is 12.8. The monoisotopic (exact) mass is 315 g/mol. The number of hydrogen-bond donors (Lipinski definition) is 3. The van der Waals surface area contributed by atoms with E-state index in [0.29, 0.717) is 0 Å². The summed E-state index contributed by atoms with van der Waals surface area (Å²) >= 11 is 0. The van der Waals surface area contributed by atoms with E-state index in [-0.39, 0.29) is 11.3 Å². The van der Waals surface area contributed by atoms with Gasteiger partial charge in [-0.2, -0.15) is 4.72 Å². The Kier molecular flexibility index (Phi) is 5.86. The Morgan fingerprint density at radius 2 is 1.76 bits per heavy atom. The van der Waals surface area contributed by atoms with Crippen molar-refractivity contribution in [2.24, 2.45) is 0 Å². The number of nitrogens with one attached hydrogen (secondary N) is 1. The Labute approximate surface area is 122 Å². The maximum absolute atomic E-state index is 12.1. The number of sulfonamides is 1. The zero-order valence-corrected chi connectivity index (χ0v) is 12.3. The van der Waals surface area contributed by atoms with E-state index in [1.54, 1.807) is 12.1 Å². The number of carbonyl (C=O) groups is 2. The first-order valence-electron chi connectivity index (χ1n) is 6.32. The molecule has 0 heterocycles. The first kappa shape index (κ1) is 17.1. The maximum atomic E-state index is 12.1. The number of aliphatic carboxylic acids is 2. The van der Waals surface area contributed by atoms with E-state index in [0.717, 1.165) is 12.0 Å². The molecule has 0 aliphatic rings. The summed E-state index contributed by atoms with van der Waals surface area (Å²) in [6, 6.07) is 4.58. The highest BCUT2D eigenvalue weighted by Crippen LogP contribution is 2.12. The fourth-order valence-electron chi connectivity index (χ4n) is 1.66. The number of carboxylic acid groups (broad SMARTS) is 2. The molecule has 7 nitrogen and oxygen atoms in total. The quantitative estimate of drug-likeness (QED) is 0.654. The summed E-state index contributed by atoms with van der Waals surface area (Å²) in [6.07, 6.45) is -0.00464. The molecular formula is C13H17NO6S. The van der Waals surface area contributed by atoms with Gasteiger partial charge in [0.15, 0.2) is 0 Å². The summed E-state index contributed by atoms with van der Waals surface area (Å²) < 4.78 is 26.2. The summed E-state index contributed by atoms with van der Waals surface area (Å²) in [5.41, 5.74) is 0.953. The minimum absolute atomic E-state index is 0.0544. The number of carboxylic acids is 2. The van der Waals surface area contributed by atoms with Crippen molar-refractivity contribution >= 4 is 22.0 Å². The number of aryl methyl sites for hydroxylation is 1. The van der Waals surface area contributed by atoms with E-state index in [1.165, 1.54) is 12.1 Å². The SMILES string of the molecule is CCc1ccc(S(=O)(=O)N[C@H](CCC(=O)O)C(=O)O)cc1. The average molecular weight is 315 g/mol. The zero-order chi connectivity index (χ0) is 16.0. The van der Waals surface area contributed by atoms with Crippen molar-refractivity contribution in [1.82, 2.24) is 4.72 Å².